The Balaban J connectivity index is 2.07. The molecule has 0 atom stereocenters. The summed E-state index contributed by atoms with van der Waals surface area (Å²) in [5.74, 6) is 0.961. The van der Waals surface area contributed by atoms with Gasteiger partial charge in [-0.3, -0.25) is 0 Å². The van der Waals surface area contributed by atoms with E-state index in [0.29, 0.717) is 0 Å². The van der Waals surface area contributed by atoms with E-state index >= 15 is 0 Å². The molecule has 3 rings (SSSR count). The van der Waals surface area contributed by atoms with Crippen LogP contribution in [0.1, 0.15) is 38.2 Å². The Labute approximate surface area is 120 Å². The molecular formula is C18H21O2. The molecule has 0 N–H and O–H groups in total. The van der Waals surface area contributed by atoms with Crippen LogP contribution in [0.25, 0.3) is 10.8 Å². The molecule has 2 aromatic carbocycles. The number of rotatable bonds is 4. The van der Waals surface area contributed by atoms with Gasteiger partial charge in [0.2, 0.25) is 0 Å². The van der Waals surface area contributed by atoms with Crippen molar-refractivity contribution >= 4 is 10.8 Å². The van der Waals surface area contributed by atoms with Gasteiger partial charge in [0.25, 0.3) is 0 Å². The van der Waals surface area contributed by atoms with Gasteiger partial charge in [-0.05, 0) is 42.5 Å². The highest BCUT2D eigenvalue weighted by molar-refractivity contribution is 5.89. The van der Waals surface area contributed by atoms with Crippen molar-refractivity contribution in [2.75, 3.05) is 13.2 Å². The zero-order valence-corrected chi connectivity index (χ0v) is 12.0. The Morgan fingerprint density at radius 2 is 2.00 bits per heavy atom. The first-order chi connectivity index (χ1) is 9.90. The van der Waals surface area contributed by atoms with Crippen LogP contribution in [0.15, 0.2) is 36.4 Å². The molecule has 1 fully saturated rings. The van der Waals surface area contributed by atoms with E-state index in [1.165, 1.54) is 17.2 Å². The van der Waals surface area contributed by atoms with Crippen LogP contribution in [-0.4, -0.2) is 13.2 Å². The topological polar surface area (TPSA) is 18.5 Å². The molecule has 1 radical (unpaired) electrons. The molecule has 105 valence electrons. The maximum absolute atomic E-state index is 5.95. The molecule has 2 heteroatoms. The normalized spacial score (nSPS) is 16.4. The summed E-state index contributed by atoms with van der Waals surface area (Å²) in [6.45, 7) is 3.70. The lowest BCUT2D eigenvalue weighted by molar-refractivity contribution is 0.116. The summed E-state index contributed by atoms with van der Waals surface area (Å²) in [5, 5.41) is 2.48. The Bertz CT molecular complexity index is 571. The monoisotopic (exact) mass is 269 g/mol. The Hall–Kier alpha value is -1.54. The molecule has 1 aliphatic rings. The Morgan fingerprint density at radius 1 is 1.10 bits per heavy atom. The molecule has 0 aliphatic carbocycles. The highest BCUT2D eigenvalue weighted by Gasteiger charge is 2.23. The number of hydrogen-bond acceptors (Lipinski definition) is 2. The van der Waals surface area contributed by atoms with Crippen LogP contribution in [-0.2, 0) is 4.74 Å². The minimum absolute atomic E-state index is 0.749. The molecule has 2 aromatic rings. The third-order valence-corrected chi connectivity index (χ3v) is 3.71. The predicted octanol–water partition coefficient (Wildman–Crippen LogP) is 4.71. The third-order valence-electron chi connectivity index (χ3n) is 3.71. The Kier molecular flexibility index (Phi) is 4.22. The molecule has 20 heavy (non-hydrogen) atoms. The zero-order chi connectivity index (χ0) is 13.8. The summed E-state index contributed by atoms with van der Waals surface area (Å²) in [6.07, 6.45) is 5.48. The first kappa shape index (κ1) is 13.4. The lowest BCUT2D eigenvalue weighted by Gasteiger charge is -2.25. The summed E-state index contributed by atoms with van der Waals surface area (Å²) >= 11 is 0. The van der Waals surface area contributed by atoms with Gasteiger partial charge < -0.3 is 9.47 Å². The van der Waals surface area contributed by atoms with E-state index in [9.17, 15) is 0 Å². The van der Waals surface area contributed by atoms with Gasteiger partial charge in [-0.1, -0.05) is 37.3 Å². The van der Waals surface area contributed by atoms with Crippen LogP contribution < -0.4 is 4.74 Å². The van der Waals surface area contributed by atoms with Crippen molar-refractivity contribution in [3.8, 4) is 5.75 Å². The van der Waals surface area contributed by atoms with E-state index in [1.54, 1.807) is 0 Å². The quantitative estimate of drug-likeness (QED) is 0.800. The van der Waals surface area contributed by atoms with Crippen LogP contribution in [0, 0.1) is 6.10 Å². The number of hydrogen-bond donors (Lipinski definition) is 0. The van der Waals surface area contributed by atoms with Gasteiger partial charge >= 0.3 is 0 Å². The first-order valence-electron chi connectivity index (χ1n) is 7.53. The molecule has 0 bridgehead atoms. The minimum Gasteiger partial charge on any atom is -0.493 e. The van der Waals surface area contributed by atoms with Gasteiger partial charge in [-0.25, -0.2) is 0 Å². The van der Waals surface area contributed by atoms with Gasteiger partial charge in [0, 0.05) is 12.2 Å². The van der Waals surface area contributed by atoms with E-state index in [4.69, 9.17) is 9.47 Å². The molecule has 0 aromatic heterocycles. The van der Waals surface area contributed by atoms with Gasteiger partial charge in [-0.15, -0.1) is 0 Å². The lowest BCUT2D eigenvalue weighted by atomic mass is 9.95. The summed E-state index contributed by atoms with van der Waals surface area (Å²) in [5.41, 5.74) is 1.16. The first-order valence-corrected chi connectivity index (χ1v) is 7.53. The molecule has 1 heterocycles. The van der Waals surface area contributed by atoms with Crippen molar-refractivity contribution in [1.82, 2.24) is 0 Å². The molecule has 2 nitrogen and oxygen atoms in total. The number of benzene rings is 2. The summed E-state index contributed by atoms with van der Waals surface area (Å²) < 4.78 is 11.9. The summed E-state index contributed by atoms with van der Waals surface area (Å²) in [4.78, 5) is 0. The molecule has 1 saturated heterocycles. The maximum Gasteiger partial charge on any atom is 0.130 e. The van der Waals surface area contributed by atoms with E-state index in [0.717, 1.165) is 49.9 Å². The fraction of sp³-hybridized carbons (Fsp3) is 0.389. The second kappa shape index (κ2) is 6.27. The lowest BCUT2D eigenvalue weighted by Crippen LogP contribution is -2.14. The Morgan fingerprint density at radius 3 is 2.80 bits per heavy atom. The second-order valence-electron chi connectivity index (χ2n) is 5.24. The fourth-order valence-electron chi connectivity index (χ4n) is 2.72. The molecular weight excluding hydrogens is 248 g/mol. The zero-order valence-electron chi connectivity index (χ0n) is 12.0. The van der Waals surface area contributed by atoms with E-state index in [-0.39, 0.29) is 0 Å². The minimum atomic E-state index is 0.749. The second-order valence-corrected chi connectivity index (χ2v) is 5.24. The molecule has 0 amide bonds. The van der Waals surface area contributed by atoms with Crippen LogP contribution >= 0.6 is 0 Å². The van der Waals surface area contributed by atoms with Gasteiger partial charge in [0.1, 0.15) is 11.9 Å². The molecule has 1 aliphatic heterocycles. The van der Waals surface area contributed by atoms with Gasteiger partial charge in [0.05, 0.1) is 6.61 Å². The summed E-state index contributed by atoms with van der Waals surface area (Å²) in [7, 11) is 0. The van der Waals surface area contributed by atoms with Crippen molar-refractivity contribution in [3.05, 3.63) is 48.1 Å². The van der Waals surface area contributed by atoms with Crippen LogP contribution in [0.2, 0.25) is 0 Å². The van der Waals surface area contributed by atoms with E-state index in [1.807, 2.05) is 0 Å². The smallest absolute Gasteiger partial charge is 0.130 e. The molecule has 0 spiro atoms. The largest absolute Gasteiger partial charge is 0.493 e. The highest BCUT2D eigenvalue weighted by atomic mass is 16.5. The van der Waals surface area contributed by atoms with Crippen molar-refractivity contribution in [3.63, 3.8) is 0 Å². The van der Waals surface area contributed by atoms with Crippen molar-refractivity contribution in [1.29, 1.82) is 0 Å². The third kappa shape index (κ3) is 2.66. The van der Waals surface area contributed by atoms with Crippen molar-refractivity contribution < 1.29 is 9.47 Å². The van der Waals surface area contributed by atoms with Crippen molar-refractivity contribution in [2.45, 2.75) is 32.6 Å². The van der Waals surface area contributed by atoms with Crippen LogP contribution in [0.5, 0.6) is 5.75 Å². The van der Waals surface area contributed by atoms with E-state index < -0.39 is 0 Å². The van der Waals surface area contributed by atoms with Crippen LogP contribution in [0.3, 0.4) is 0 Å². The number of fused-ring (bicyclic) bond motifs is 1. The van der Waals surface area contributed by atoms with Crippen molar-refractivity contribution in [2.24, 2.45) is 0 Å². The summed E-state index contributed by atoms with van der Waals surface area (Å²) in [6, 6.07) is 12.7. The van der Waals surface area contributed by atoms with Crippen LogP contribution in [0.4, 0.5) is 0 Å². The highest BCUT2D eigenvalue weighted by Crippen LogP contribution is 2.38. The maximum atomic E-state index is 5.95. The standard InChI is InChI=1S/C18H21O2/c1-2-12-19-17-11-10-14-7-3-4-8-15(14)18(17)16-9-5-6-13-20-16/h3-4,7-8,10-11H,2,5-6,9,12-13H2,1H3. The predicted molar refractivity (Wildman–Crippen MR) is 81.9 cm³/mol. The number of ether oxygens (including phenoxy) is 2. The molecule has 0 unspecified atom stereocenters. The SMILES string of the molecule is CCCOc1ccc2ccccc2c1[C]1CCCCO1. The molecule has 0 saturated carbocycles. The average Bonchev–Trinajstić information content (AvgIpc) is 2.53. The van der Waals surface area contributed by atoms with Gasteiger partial charge in [-0.2, -0.15) is 0 Å². The van der Waals surface area contributed by atoms with E-state index in [2.05, 4.69) is 43.3 Å². The fourth-order valence-corrected chi connectivity index (χ4v) is 2.72. The van der Waals surface area contributed by atoms with Gasteiger partial charge in [0.15, 0.2) is 0 Å². The average molecular weight is 269 g/mol.